The molecular formula is C13H10Cl3NO. The van der Waals surface area contributed by atoms with Gasteiger partial charge in [0.1, 0.15) is 0 Å². The zero-order valence-corrected chi connectivity index (χ0v) is 11.8. The molecule has 1 aromatic heterocycles. The van der Waals surface area contributed by atoms with E-state index in [0.717, 1.165) is 11.1 Å². The van der Waals surface area contributed by atoms with Crippen LogP contribution in [0.2, 0.25) is 5.02 Å². The van der Waals surface area contributed by atoms with E-state index in [1.165, 1.54) is 0 Å². The van der Waals surface area contributed by atoms with Crippen molar-refractivity contribution in [2.75, 3.05) is 0 Å². The summed E-state index contributed by atoms with van der Waals surface area (Å²) in [6, 6.07) is 9.06. The highest BCUT2D eigenvalue weighted by molar-refractivity contribution is 6.67. The molecule has 0 aliphatic rings. The lowest BCUT2D eigenvalue weighted by atomic mass is 10.1. The van der Waals surface area contributed by atoms with Crippen molar-refractivity contribution in [3.8, 4) is 11.1 Å². The molecule has 0 N–H and O–H groups in total. The molecule has 0 aliphatic heterocycles. The lowest BCUT2D eigenvalue weighted by Gasteiger charge is -2.05. The van der Waals surface area contributed by atoms with E-state index in [9.17, 15) is 4.79 Å². The van der Waals surface area contributed by atoms with Crippen molar-refractivity contribution in [3.05, 3.63) is 52.8 Å². The quantitative estimate of drug-likeness (QED) is 0.764. The van der Waals surface area contributed by atoms with Crippen LogP contribution in [0.25, 0.3) is 11.1 Å². The number of pyridine rings is 1. The zero-order chi connectivity index (χ0) is 12.4. The molecule has 2 aromatic rings. The van der Waals surface area contributed by atoms with Gasteiger partial charge in [0, 0.05) is 22.5 Å². The van der Waals surface area contributed by atoms with Crippen LogP contribution in [0.3, 0.4) is 0 Å². The molecule has 0 spiro atoms. The van der Waals surface area contributed by atoms with Crippen molar-refractivity contribution < 1.29 is 4.79 Å². The number of benzene rings is 1. The Hall–Kier alpha value is -1.09. The second-order valence-electron chi connectivity index (χ2n) is 3.64. The number of aromatic nitrogens is 1. The lowest BCUT2D eigenvalue weighted by Crippen LogP contribution is -1.97. The Morgan fingerprint density at radius 3 is 2.33 bits per heavy atom. The van der Waals surface area contributed by atoms with Gasteiger partial charge in [-0.25, -0.2) is 0 Å². The lowest BCUT2D eigenvalue weighted by molar-refractivity contribution is 0.108. The van der Waals surface area contributed by atoms with Crippen LogP contribution in [0, 0.1) is 6.92 Å². The molecule has 1 heterocycles. The van der Waals surface area contributed by atoms with Gasteiger partial charge in [-0.3, -0.25) is 9.78 Å². The first-order chi connectivity index (χ1) is 8.08. The summed E-state index contributed by atoms with van der Waals surface area (Å²) in [6.07, 6.45) is 1.71. The molecule has 5 heteroatoms. The first-order valence-electron chi connectivity index (χ1n) is 5.00. The van der Waals surface area contributed by atoms with Gasteiger partial charge in [-0.1, -0.05) is 23.7 Å². The zero-order valence-electron chi connectivity index (χ0n) is 9.48. The summed E-state index contributed by atoms with van der Waals surface area (Å²) < 4.78 is 0. The maximum Gasteiger partial charge on any atom is 0.254 e. The Bertz CT molecular complexity index is 567. The van der Waals surface area contributed by atoms with Crippen LogP contribution in [-0.4, -0.2) is 10.2 Å². The topological polar surface area (TPSA) is 30.0 Å². The molecule has 2 rings (SSSR count). The summed E-state index contributed by atoms with van der Waals surface area (Å²) in [5.41, 5.74) is 2.85. The molecule has 2 nitrogen and oxygen atoms in total. The van der Waals surface area contributed by atoms with E-state index in [4.69, 9.17) is 23.2 Å². The number of rotatable bonds is 2. The number of hydrogen-bond donors (Lipinski definition) is 0. The molecule has 0 unspecified atom stereocenters. The van der Waals surface area contributed by atoms with Crippen LogP contribution in [0.15, 0.2) is 36.5 Å². The van der Waals surface area contributed by atoms with Gasteiger partial charge in [0.15, 0.2) is 0 Å². The molecule has 0 radical (unpaired) electrons. The van der Waals surface area contributed by atoms with Gasteiger partial charge in [-0.2, -0.15) is 0 Å². The normalized spacial score (nSPS) is 9.72. The Balaban J connectivity index is 0.00000162. The third-order valence-corrected chi connectivity index (χ3v) is 2.93. The molecule has 0 saturated heterocycles. The predicted octanol–water partition coefficient (Wildman–Crippen LogP) is 4.51. The predicted molar refractivity (Wildman–Crippen MR) is 76.9 cm³/mol. The highest BCUT2D eigenvalue weighted by atomic mass is 35.5. The van der Waals surface area contributed by atoms with Crippen LogP contribution in [0.1, 0.15) is 16.1 Å². The second-order valence-corrected chi connectivity index (χ2v) is 4.42. The number of aryl methyl sites for hydroxylation is 1. The maximum absolute atomic E-state index is 11.2. The van der Waals surface area contributed by atoms with Gasteiger partial charge in [0.25, 0.3) is 5.24 Å². The van der Waals surface area contributed by atoms with E-state index < -0.39 is 5.24 Å². The minimum atomic E-state index is -0.495. The van der Waals surface area contributed by atoms with Crippen molar-refractivity contribution >= 4 is 40.9 Å². The summed E-state index contributed by atoms with van der Waals surface area (Å²) in [4.78, 5) is 15.4. The molecule has 0 fully saturated rings. The molecule has 0 aliphatic carbocycles. The average molecular weight is 303 g/mol. The van der Waals surface area contributed by atoms with Crippen molar-refractivity contribution in [1.29, 1.82) is 0 Å². The van der Waals surface area contributed by atoms with Crippen molar-refractivity contribution in [1.82, 2.24) is 4.98 Å². The third kappa shape index (κ3) is 3.22. The fraction of sp³-hybridized carbons (Fsp3) is 0.0769. The SMILES string of the molecule is Cc1ncc(-c2ccc(Cl)cc2)cc1C(=O)Cl.Cl. The highest BCUT2D eigenvalue weighted by Gasteiger charge is 2.09. The van der Waals surface area contributed by atoms with Crippen LogP contribution in [0.5, 0.6) is 0 Å². The van der Waals surface area contributed by atoms with Crippen LogP contribution < -0.4 is 0 Å². The molecule has 0 bridgehead atoms. The molecule has 94 valence electrons. The first-order valence-corrected chi connectivity index (χ1v) is 5.76. The van der Waals surface area contributed by atoms with Crippen LogP contribution >= 0.6 is 35.6 Å². The average Bonchev–Trinajstić information content (AvgIpc) is 2.30. The molecule has 0 amide bonds. The number of halogens is 3. The largest absolute Gasteiger partial charge is 0.276 e. The summed E-state index contributed by atoms with van der Waals surface area (Å²) in [7, 11) is 0. The van der Waals surface area contributed by atoms with E-state index in [1.54, 1.807) is 31.3 Å². The van der Waals surface area contributed by atoms with E-state index in [1.807, 2.05) is 12.1 Å². The fourth-order valence-corrected chi connectivity index (χ4v) is 1.85. The molecule has 0 atom stereocenters. The Labute approximate surface area is 121 Å². The maximum atomic E-state index is 11.2. The van der Waals surface area contributed by atoms with Gasteiger partial charge >= 0.3 is 0 Å². The minimum Gasteiger partial charge on any atom is -0.276 e. The number of carbonyl (C=O) groups is 1. The number of carbonyl (C=O) groups excluding carboxylic acids is 1. The van der Waals surface area contributed by atoms with Gasteiger partial charge < -0.3 is 0 Å². The first kappa shape index (κ1) is 15.0. The number of nitrogens with zero attached hydrogens (tertiary/aromatic N) is 1. The Morgan fingerprint density at radius 1 is 1.17 bits per heavy atom. The van der Waals surface area contributed by atoms with E-state index in [2.05, 4.69) is 4.98 Å². The summed E-state index contributed by atoms with van der Waals surface area (Å²) in [5, 5.41) is 0.174. The smallest absolute Gasteiger partial charge is 0.254 e. The van der Waals surface area contributed by atoms with Gasteiger partial charge in [0.05, 0.1) is 5.56 Å². The van der Waals surface area contributed by atoms with E-state index >= 15 is 0 Å². The van der Waals surface area contributed by atoms with Crippen molar-refractivity contribution in [3.63, 3.8) is 0 Å². The monoisotopic (exact) mass is 301 g/mol. The molecular weight excluding hydrogens is 293 g/mol. The summed E-state index contributed by atoms with van der Waals surface area (Å²) in [5.74, 6) is 0. The van der Waals surface area contributed by atoms with E-state index in [0.29, 0.717) is 16.3 Å². The van der Waals surface area contributed by atoms with Crippen LogP contribution in [-0.2, 0) is 0 Å². The standard InChI is InChI=1S/C13H9Cl2NO.ClH/c1-8-12(13(15)17)6-10(7-16-8)9-2-4-11(14)5-3-9;/h2-7H,1H3;1H. The van der Waals surface area contributed by atoms with Crippen molar-refractivity contribution in [2.45, 2.75) is 6.92 Å². The Morgan fingerprint density at radius 2 is 1.78 bits per heavy atom. The number of hydrogen-bond acceptors (Lipinski definition) is 2. The van der Waals surface area contributed by atoms with Crippen molar-refractivity contribution in [2.24, 2.45) is 0 Å². The van der Waals surface area contributed by atoms with Gasteiger partial charge in [0.2, 0.25) is 0 Å². The minimum absolute atomic E-state index is 0. The molecule has 1 aromatic carbocycles. The third-order valence-electron chi connectivity index (χ3n) is 2.48. The molecule has 0 saturated carbocycles. The summed E-state index contributed by atoms with van der Waals surface area (Å²) >= 11 is 11.3. The second kappa shape index (κ2) is 6.19. The highest BCUT2D eigenvalue weighted by Crippen LogP contribution is 2.23. The van der Waals surface area contributed by atoms with E-state index in [-0.39, 0.29) is 12.4 Å². The van der Waals surface area contributed by atoms with Gasteiger partial charge in [-0.15, -0.1) is 12.4 Å². The summed E-state index contributed by atoms with van der Waals surface area (Å²) in [6.45, 7) is 1.75. The van der Waals surface area contributed by atoms with Gasteiger partial charge in [-0.05, 0) is 42.3 Å². The Kier molecular flexibility index (Phi) is 5.15. The fourth-order valence-electron chi connectivity index (χ4n) is 1.53. The molecule has 18 heavy (non-hydrogen) atoms. The van der Waals surface area contributed by atoms with Crippen LogP contribution in [0.4, 0.5) is 0 Å².